The molecule has 0 aliphatic heterocycles. The molecule has 80 valence electrons. The van der Waals surface area contributed by atoms with E-state index in [1.807, 2.05) is 0 Å². The van der Waals surface area contributed by atoms with Gasteiger partial charge in [-0.15, -0.1) is 9.24 Å². The summed E-state index contributed by atoms with van der Waals surface area (Å²) in [5.41, 5.74) is 0. The average Bonchev–Trinajstić information content (AvgIpc) is 2.02. The van der Waals surface area contributed by atoms with E-state index in [0.29, 0.717) is 5.92 Å². The SMILES string of the molecule is CC(C)(P)C(CCCO)CCCO. The lowest BCUT2D eigenvalue weighted by molar-refractivity contribution is 0.235. The van der Waals surface area contributed by atoms with Gasteiger partial charge in [0.25, 0.3) is 0 Å². The van der Waals surface area contributed by atoms with Crippen molar-refractivity contribution in [1.82, 2.24) is 0 Å². The molecule has 0 aromatic rings. The van der Waals surface area contributed by atoms with E-state index in [0.717, 1.165) is 25.7 Å². The van der Waals surface area contributed by atoms with Crippen LogP contribution in [0, 0.1) is 5.92 Å². The fourth-order valence-corrected chi connectivity index (χ4v) is 1.90. The highest BCUT2D eigenvalue weighted by Crippen LogP contribution is 2.33. The van der Waals surface area contributed by atoms with Gasteiger partial charge in [0.1, 0.15) is 0 Å². The maximum Gasteiger partial charge on any atom is 0.0431 e. The zero-order valence-corrected chi connectivity index (χ0v) is 9.95. The van der Waals surface area contributed by atoms with Gasteiger partial charge >= 0.3 is 0 Å². The molecular weight excluding hydrogens is 183 g/mol. The van der Waals surface area contributed by atoms with Crippen LogP contribution in [0.1, 0.15) is 39.5 Å². The second-order valence-corrected chi connectivity index (χ2v) is 5.74. The summed E-state index contributed by atoms with van der Waals surface area (Å²) in [6.45, 7) is 4.93. The maximum atomic E-state index is 8.75. The smallest absolute Gasteiger partial charge is 0.0431 e. The van der Waals surface area contributed by atoms with Crippen molar-refractivity contribution in [3.05, 3.63) is 0 Å². The van der Waals surface area contributed by atoms with Gasteiger partial charge in [-0.25, -0.2) is 0 Å². The van der Waals surface area contributed by atoms with Gasteiger partial charge in [-0.2, -0.15) is 0 Å². The number of hydrogen-bond donors (Lipinski definition) is 2. The summed E-state index contributed by atoms with van der Waals surface area (Å²) in [4.78, 5) is 0. The summed E-state index contributed by atoms with van der Waals surface area (Å²) in [6, 6.07) is 0. The molecule has 13 heavy (non-hydrogen) atoms. The van der Waals surface area contributed by atoms with Gasteiger partial charge < -0.3 is 10.2 Å². The van der Waals surface area contributed by atoms with E-state index in [1.165, 1.54) is 0 Å². The third kappa shape index (κ3) is 6.42. The van der Waals surface area contributed by atoms with E-state index < -0.39 is 0 Å². The Morgan fingerprint density at radius 3 is 1.69 bits per heavy atom. The molecule has 0 aliphatic carbocycles. The molecule has 0 heterocycles. The maximum absolute atomic E-state index is 8.75. The zero-order chi connectivity index (χ0) is 10.3. The first-order chi connectivity index (χ1) is 6.02. The van der Waals surface area contributed by atoms with Crippen LogP contribution in [0.5, 0.6) is 0 Å². The van der Waals surface area contributed by atoms with Crippen LogP contribution >= 0.6 is 9.24 Å². The monoisotopic (exact) mass is 206 g/mol. The molecule has 0 rings (SSSR count). The molecule has 0 amide bonds. The van der Waals surface area contributed by atoms with Crippen LogP contribution in [0.2, 0.25) is 0 Å². The van der Waals surface area contributed by atoms with Gasteiger partial charge in [-0.3, -0.25) is 0 Å². The van der Waals surface area contributed by atoms with Crippen molar-refractivity contribution in [1.29, 1.82) is 0 Å². The quantitative estimate of drug-likeness (QED) is 0.624. The van der Waals surface area contributed by atoms with Crippen LogP contribution in [0.3, 0.4) is 0 Å². The molecule has 1 atom stereocenters. The molecule has 0 spiro atoms. The van der Waals surface area contributed by atoms with Gasteiger partial charge in [-0.05, 0) is 36.8 Å². The van der Waals surface area contributed by atoms with Crippen molar-refractivity contribution in [3.63, 3.8) is 0 Å². The standard InChI is InChI=1S/C10H23O2P/c1-10(2,13)9(5-3-7-11)6-4-8-12/h9,11-12H,3-8,13H2,1-2H3. The Bertz CT molecular complexity index is 113. The highest BCUT2D eigenvalue weighted by Gasteiger charge is 2.23. The molecule has 0 radical (unpaired) electrons. The molecule has 0 bridgehead atoms. The lowest BCUT2D eigenvalue weighted by Gasteiger charge is -2.30. The minimum atomic E-state index is 0.213. The van der Waals surface area contributed by atoms with Crippen molar-refractivity contribution in [3.8, 4) is 0 Å². The number of aliphatic hydroxyl groups is 2. The van der Waals surface area contributed by atoms with Gasteiger partial charge in [0.2, 0.25) is 0 Å². The van der Waals surface area contributed by atoms with Crippen LogP contribution < -0.4 is 0 Å². The summed E-state index contributed by atoms with van der Waals surface area (Å²) < 4.78 is 0. The molecule has 0 saturated carbocycles. The first-order valence-corrected chi connectivity index (χ1v) is 5.60. The highest BCUT2D eigenvalue weighted by molar-refractivity contribution is 7.18. The number of hydrogen-bond acceptors (Lipinski definition) is 2. The largest absolute Gasteiger partial charge is 0.396 e. The Morgan fingerprint density at radius 1 is 1.08 bits per heavy atom. The molecule has 2 N–H and O–H groups in total. The Morgan fingerprint density at radius 2 is 1.46 bits per heavy atom. The normalized spacial score (nSPS) is 12.5. The van der Waals surface area contributed by atoms with Crippen molar-refractivity contribution in [2.45, 2.75) is 44.7 Å². The third-order valence-corrected chi connectivity index (χ3v) is 2.95. The van der Waals surface area contributed by atoms with E-state index in [9.17, 15) is 0 Å². The highest BCUT2D eigenvalue weighted by atomic mass is 31.0. The van der Waals surface area contributed by atoms with E-state index >= 15 is 0 Å². The molecule has 3 heteroatoms. The van der Waals surface area contributed by atoms with Crippen LogP contribution in [0.4, 0.5) is 0 Å². The predicted molar refractivity (Wildman–Crippen MR) is 59.9 cm³/mol. The van der Waals surface area contributed by atoms with Gasteiger partial charge in [0.05, 0.1) is 0 Å². The lowest BCUT2D eigenvalue weighted by atomic mass is 9.86. The van der Waals surface area contributed by atoms with Gasteiger partial charge in [0.15, 0.2) is 0 Å². The predicted octanol–water partition coefficient (Wildman–Crippen LogP) is 1.80. The van der Waals surface area contributed by atoms with Crippen LogP contribution in [-0.4, -0.2) is 28.6 Å². The topological polar surface area (TPSA) is 40.5 Å². The second kappa shape index (κ2) is 6.75. The Balaban J connectivity index is 3.88. The van der Waals surface area contributed by atoms with Crippen LogP contribution in [0.15, 0.2) is 0 Å². The molecule has 0 fully saturated rings. The van der Waals surface area contributed by atoms with Gasteiger partial charge in [-0.1, -0.05) is 13.8 Å². The Labute approximate surface area is 83.9 Å². The molecule has 1 unspecified atom stereocenters. The molecule has 0 saturated heterocycles. The van der Waals surface area contributed by atoms with Crippen LogP contribution in [0.25, 0.3) is 0 Å². The first kappa shape index (κ1) is 13.4. The number of rotatable bonds is 7. The Hall–Kier alpha value is 0.350. The first-order valence-electron chi connectivity index (χ1n) is 5.03. The molecular formula is C10H23O2P. The van der Waals surface area contributed by atoms with Crippen molar-refractivity contribution >= 4 is 9.24 Å². The van der Waals surface area contributed by atoms with Gasteiger partial charge in [0, 0.05) is 13.2 Å². The lowest BCUT2D eigenvalue weighted by Crippen LogP contribution is -2.24. The third-order valence-electron chi connectivity index (χ3n) is 2.47. The summed E-state index contributed by atoms with van der Waals surface area (Å²) in [7, 11) is 2.86. The van der Waals surface area contributed by atoms with E-state index in [-0.39, 0.29) is 18.4 Å². The summed E-state index contributed by atoms with van der Waals surface area (Å²) in [5.74, 6) is 0.580. The summed E-state index contributed by atoms with van der Waals surface area (Å²) >= 11 is 0. The van der Waals surface area contributed by atoms with Crippen molar-refractivity contribution in [2.75, 3.05) is 13.2 Å². The molecule has 2 nitrogen and oxygen atoms in total. The minimum absolute atomic E-state index is 0.213. The molecule has 0 aromatic heterocycles. The summed E-state index contributed by atoms with van der Waals surface area (Å²) in [5, 5.41) is 17.7. The zero-order valence-electron chi connectivity index (χ0n) is 8.79. The fraction of sp³-hybridized carbons (Fsp3) is 1.00. The van der Waals surface area contributed by atoms with Crippen molar-refractivity contribution < 1.29 is 10.2 Å². The summed E-state index contributed by atoms with van der Waals surface area (Å²) in [6.07, 6.45) is 3.84. The Kier molecular flexibility index (Phi) is 6.93. The fourth-order valence-electron chi connectivity index (χ4n) is 1.56. The van der Waals surface area contributed by atoms with Crippen molar-refractivity contribution in [2.24, 2.45) is 5.92 Å². The second-order valence-electron chi connectivity index (χ2n) is 4.25. The molecule has 0 aliphatic rings. The molecule has 0 aromatic carbocycles. The van der Waals surface area contributed by atoms with E-state index in [2.05, 4.69) is 23.1 Å². The van der Waals surface area contributed by atoms with E-state index in [1.54, 1.807) is 0 Å². The van der Waals surface area contributed by atoms with E-state index in [4.69, 9.17) is 10.2 Å². The minimum Gasteiger partial charge on any atom is -0.396 e. The number of aliphatic hydroxyl groups excluding tert-OH is 2. The average molecular weight is 206 g/mol. The van der Waals surface area contributed by atoms with Crippen LogP contribution in [-0.2, 0) is 0 Å².